The molecule has 98 valence electrons. The molecule has 0 aromatic carbocycles. The van der Waals surface area contributed by atoms with Crippen LogP contribution in [0.3, 0.4) is 0 Å². The molecule has 0 spiro atoms. The van der Waals surface area contributed by atoms with Crippen molar-refractivity contribution in [3.8, 4) is 0 Å². The number of aromatic nitrogens is 4. The Morgan fingerprint density at radius 2 is 2.22 bits per heavy atom. The van der Waals surface area contributed by atoms with E-state index >= 15 is 0 Å². The summed E-state index contributed by atoms with van der Waals surface area (Å²) in [6, 6.07) is 0. The van der Waals surface area contributed by atoms with E-state index in [2.05, 4.69) is 15.5 Å². The average Bonchev–Trinajstić information content (AvgIpc) is 2.77. The standard InChI is InChI=1S/C11H16N4O3/c16-10(17)11(5-3-6-11)15-9(12-13-14-15)8-4-1-2-7-18-8/h8H,1-7H2,(H,16,17). The molecule has 1 aliphatic carbocycles. The van der Waals surface area contributed by atoms with Crippen LogP contribution in [0, 0.1) is 0 Å². The molecule has 1 aliphatic heterocycles. The van der Waals surface area contributed by atoms with Crippen LogP contribution in [0.2, 0.25) is 0 Å². The molecule has 1 N–H and O–H groups in total. The molecule has 2 aliphatic rings. The Balaban J connectivity index is 1.93. The number of hydrogen-bond donors (Lipinski definition) is 1. The summed E-state index contributed by atoms with van der Waals surface area (Å²) in [4.78, 5) is 11.5. The highest BCUT2D eigenvalue weighted by Gasteiger charge is 2.49. The summed E-state index contributed by atoms with van der Waals surface area (Å²) in [6.07, 6.45) is 4.89. The van der Waals surface area contributed by atoms with Crippen LogP contribution in [-0.2, 0) is 15.1 Å². The lowest BCUT2D eigenvalue weighted by atomic mass is 9.76. The Morgan fingerprint density at radius 3 is 2.78 bits per heavy atom. The molecule has 1 saturated heterocycles. The Labute approximate surface area is 104 Å². The zero-order chi connectivity index (χ0) is 12.6. The number of carbonyl (C=O) groups is 1. The summed E-state index contributed by atoms with van der Waals surface area (Å²) in [5.41, 5.74) is -0.945. The first-order valence-electron chi connectivity index (χ1n) is 6.38. The highest BCUT2D eigenvalue weighted by molar-refractivity contribution is 5.77. The van der Waals surface area contributed by atoms with Gasteiger partial charge in [-0.1, -0.05) is 0 Å². The zero-order valence-corrected chi connectivity index (χ0v) is 10.1. The Bertz CT molecular complexity index is 449. The molecule has 1 atom stereocenters. The molecule has 2 fully saturated rings. The summed E-state index contributed by atoms with van der Waals surface area (Å²) in [5, 5.41) is 21.0. The van der Waals surface area contributed by atoms with Crippen molar-refractivity contribution in [2.24, 2.45) is 0 Å². The molecule has 1 aromatic heterocycles. The Hall–Kier alpha value is -1.50. The minimum atomic E-state index is -0.945. The summed E-state index contributed by atoms with van der Waals surface area (Å²) in [5.74, 6) is -0.282. The van der Waals surface area contributed by atoms with E-state index in [4.69, 9.17) is 4.74 Å². The number of carboxylic acid groups (broad SMARTS) is 1. The summed E-state index contributed by atoms with van der Waals surface area (Å²) >= 11 is 0. The van der Waals surface area contributed by atoms with Gasteiger partial charge in [0.05, 0.1) is 0 Å². The lowest BCUT2D eigenvalue weighted by molar-refractivity contribution is -0.154. The fourth-order valence-electron chi connectivity index (χ4n) is 2.67. The van der Waals surface area contributed by atoms with Gasteiger partial charge in [0.25, 0.3) is 0 Å². The van der Waals surface area contributed by atoms with E-state index in [-0.39, 0.29) is 6.10 Å². The lowest BCUT2D eigenvalue weighted by Gasteiger charge is -2.38. The van der Waals surface area contributed by atoms with Gasteiger partial charge in [-0.3, -0.25) is 0 Å². The molecule has 7 heteroatoms. The summed E-state index contributed by atoms with van der Waals surface area (Å²) in [7, 11) is 0. The van der Waals surface area contributed by atoms with Crippen molar-refractivity contribution in [3.05, 3.63) is 5.82 Å². The third kappa shape index (κ3) is 1.61. The monoisotopic (exact) mass is 252 g/mol. The molecule has 1 aromatic rings. The van der Waals surface area contributed by atoms with Crippen molar-refractivity contribution in [1.82, 2.24) is 20.2 Å². The SMILES string of the molecule is O=C(O)C1(n2nnnc2C2CCCCO2)CCC1. The molecular weight excluding hydrogens is 236 g/mol. The molecule has 2 heterocycles. The normalized spacial score (nSPS) is 26.6. The second-order valence-corrected chi connectivity index (χ2v) is 4.99. The van der Waals surface area contributed by atoms with Crippen molar-refractivity contribution >= 4 is 5.97 Å². The highest BCUT2D eigenvalue weighted by Crippen LogP contribution is 2.41. The van der Waals surface area contributed by atoms with Crippen molar-refractivity contribution in [3.63, 3.8) is 0 Å². The van der Waals surface area contributed by atoms with Gasteiger partial charge in [0.2, 0.25) is 0 Å². The van der Waals surface area contributed by atoms with Crippen LogP contribution in [0.25, 0.3) is 0 Å². The molecule has 0 bridgehead atoms. The van der Waals surface area contributed by atoms with E-state index in [1.54, 1.807) is 0 Å². The number of rotatable bonds is 3. The number of hydrogen-bond acceptors (Lipinski definition) is 5. The van der Waals surface area contributed by atoms with Gasteiger partial charge in [-0.25, -0.2) is 9.48 Å². The summed E-state index contributed by atoms with van der Waals surface area (Å²) in [6.45, 7) is 0.692. The van der Waals surface area contributed by atoms with Gasteiger partial charge in [-0.05, 0) is 49.0 Å². The predicted molar refractivity (Wildman–Crippen MR) is 59.8 cm³/mol. The maximum Gasteiger partial charge on any atom is 0.331 e. The molecular formula is C11H16N4O3. The molecule has 0 radical (unpaired) electrons. The van der Waals surface area contributed by atoms with Gasteiger partial charge in [-0.2, -0.15) is 0 Å². The van der Waals surface area contributed by atoms with E-state index in [9.17, 15) is 9.90 Å². The number of nitrogens with zero attached hydrogens (tertiary/aromatic N) is 4. The third-order valence-corrected chi connectivity index (χ3v) is 3.95. The second-order valence-electron chi connectivity index (χ2n) is 4.99. The van der Waals surface area contributed by atoms with Gasteiger partial charge in [0.1, 0.15) is 6.10 Å². The smallest absolute Gasteiger partial charge is 0.331 e. The highest BCUT2D eigenvalue weighted by atomic mass is 16.5. The zero-order valence-electron chi connectivity index (χ0n) is 10.1. The predicted octanol–water partition coefficient (Wildman–Crippen LogP) is 0.878. The molecule has 1 unspecified atom stereocenters. The van der Waals surface area contributed by atoms with E-state index in [1.165, 1.54) is 4.68 Å². The van der Waals surface area contributed by atoms with E-state index < -0.39 is 11.5 Å². The van der Waals surface area contributed by atoms with Gasteiger partial charge < -0.3 is 9.84 Å². The van der Waals surface area contributed by atoms with Crippen molar-refractivity contribution in [1.29, 1.82) is 0 Å². The fourth-order valence-corrected chi connectivity index (χ4v) is 2.67. The quantitative estimate of drug-likeness (QED) is 0.858. The van der Waals surface area contributed by atoms with Crippen LogP contribution in [0.15, 0.2) is 0 Å². The van der Waals surface area contributed by atoms with Crippen molar-refractivity contribution in [2.75, 3.05) is 6.61 Å². The average molecular weight is 252 g/mol. The van der Waals surface area contributed by atoms with Gasteiger partial charge >= 0.3 is 5.97 Å². The minimum absolute atomic E-state index is 0.162. The first-order chi connectivity index (χ1) is 8.74. The van der Waals surface area contributed by atoms with E-state index in [0.717, 1.165) is 25.7 Å². The van der Waals surface area contributed by atoms with E-state index in [1.807, 2.05) is 0 Å². The number of tetrazole rings is 1. The van der Waals surface area contributed by atoms with Crippen LogP contribution < -0.4 is 0 Å². The van der Waals surface area contributed by atoms with Crippen LogP contribution in [0.1, 0.15) is 50.5 Å². The molecule has 3 rings (SSSR count). The Morgan fingerprint density at radius 1 is 1.39 bits per heavy atom. The molecule has 1 saturated carbocycles. The first kappa shape index (κ1) is 11.6. The van der Waals surface area contributed by atoms with Crippen LogP contribution in [0.4, 0.5) is 0 Å². The van der Waals surface area contributed by atoms with Gasteiger partial charge in [0.15, 0.2) is 11.4 Å². The van der Waals surface area contributed by atoms with Gasteiger partial charge in [0, 0.05) is 6.61 Å². The van der Waals surface area contributed by atoms with Crippen molar-refractivity contribution in [2.45, 2.75) is 50.2 Å². The number of carboxylic acids is 1. The van der Waals surface area contributed by atoms with Crippen LogP contribution in [-0.4, -0.2) is 37.9 Å². The first-order valence-corrected chi connectivity index (χ1v) is 6.38. The van der Waals surface area contributed by atoms with Crippen LogP contribution >= 0.6 is 0 Å². The largest absolute Gasteiger partial charge is 0.479 e. The minimum Gasteiger partial charge on any atom is -0.479 e. The van der Waals surface area contributed by atoms with Gasteiger partial charge in [-0.15, -0.1) is 5.10 Å². The summed E-state index contributed by atoms with van der Waals surface area (Å²) < 4.78 is 7.13. The molecule has 18 heavy (non-hydrogen) atoms. The maximum atomic E-state index is 11.5. The molecule has 0 amide bonds. The Kier molecular flexibility index (Phi) is 2.77. The van der Waals surface area contributed by atoms with Crippen LogP contribution in [0.5, 0.6) is 0 Å². The maximum absolute atomic E-state index is 11.5. The van der Waals surface area contributed by atoms with Crippen molar-refractivity contribution < 1.29 is 14.6 Å². The molecule has 7 nitrogen and oxygen atoms in total. The topological polar surface area (TPSA) is 90.1 Å². The third-order valence-electron chi connectivity index (χ3n) is 3.95. The second kappa shape index (κ2) is 4.31. The number of aliphatic carboxylic acids is 1. The number of ether oxygens (including phenoxy) is 1. The fraction of sp³-hybridized carbons (Fsp3) is 0.818. The lowest BCUT2D eigenvalue weighted by Crippen LogP contribution is -2.49. The van der Waals surface area contributed by atoms with E-state index in [0.29, 0.717) is 25.3 Å².